The first kappa shape index (κ1) is 12.5. The molecule has 0 bridgehead atoms. The number of benzene rings is 1. The van der Waals surface area contributed by atoms with E-state index >= 15 is 0 Å². The topological polar surface area (TPSA) is 46.3 Å². The second-order valence-corrected chi connectivity index (χ2v) is 5.34. The van der Waals surface area contributed by atoms with E-state index in [1.54, 1.807) is 0 Å². The van der Waals surface area contributed by atoms with Gasteiger partial charge in [-0.05, 0) is 17.7 Å². The minimum Gasteiger partial charge on any atom is -0.367 e. The quantitative estimate of drug-likeness (QED) is 0.926. The smallest absolute Gasteiger partial charge is 0.256 e. The molecular formula is C12H14BrFN2O. The summed E-state index contributed by atoms with van der Waals surface area (Å²) in [5.74, 6) is -0.853. The number of carbonyl (C=O) groups excluding carboxylic acids is 1. The predicted octanol–water partition coefficient (Wildman–Crippen LogP) is 1.85. The number of halogens is 2. The van der Waals surface area contributed by atoms with Gasteiger partial charge in [0.2, 0.25) is 5.67 Å². The Bertz CT molecular complexity index is 440. The molecule has 0 radical (unpaired) electrons. The van der Waals surface area contributed by atoms with Crippen LogP contribution in [0.4, 0.5) is 4.39 Å². The highest BCUT2D eigenvalue weighted by Crippen LogP contribution is 2.26. The van der Waals surface area contributed by atoms with Gasteiger partial charge in [0.1, 0.15) is 0 Å². The van der Waals surface area contributed by atoms with Gasteiger partial charge in [-0.25, -0.2) is 4.39 Å². The second-order valence-electron chi connectivity index (χ2n) is 4.42. The zero-order valence-electron chi connectivity index (χ0n) is 9.33. The van der Waals surface area contributed by atoms with Crippen LogP contribution in [0.15, 0.2) is 28.7 Å². The number of hydrogen-bond donors (Lipinski definition) is 1. The molecule has 0 saturated carbocycles. The summed E-state index contributed by atoms with van der Waals surface area (Å²) in [7, 11) is 0. The van der Waals surface area contributed by atoms with Gasteiger partial charge in [0.05, 0.1) is 0 Å². The highest BCUT2D eigenvalue weighted by atomic mass is 79.9. The maximum absolute atomic E-state index is 13.9. The number of hydrogen-bond acceptors (Lipinski definition) is 2. The van der Waals surface area contributed by atoms with E-state index in [9.17, 15) is 9.18 Å². The summed E-state index contributed by atoms with van der Waals surface area (Å²) in [5.41, 5.74) is 4.30. The van der Waals surface area contributed by atoms with E-state index in [1.165, 1.54) is 0 Å². The van der Waals surface area contributed by atoms with Crippen molar-refractivity contribution in [3.8, 4) is 0 Å². The third-order valence-electron chi connectivity index (χ3n) is 3.04. The fraction of sp³-hybridized carbons (Fsp3) is 0.417. The van der Waals surface area contributed by atoms with Crippen molar-refractivity contribution in [2.75, 3.05) is 13.1 Å². The van der Waals surface area contributed by atoms with Crippen LogP contribution in [0.3, 0.4) is 0 Å². The van der Waals surface area contributed by atoms with Crippen LogP contribution in [0.2, 0.25) is 0 Å². The van der Waals surface area contributed by atoms with Gasteiger partial charge in [-0.3, -0.25) is 9.69 Å². The molecule has 1 aliphatic heterocycles. The van der Waals surface area contributed by atoms with Crippen LogP contribution >= 0.6 is 15.9 Å². The van der Waals surface area contributed by atoms with E-state index in [0.717, 1.165) is 10.0 Å². The van der Waals surface area contributed by atoms with Crippen molar-refractivity contribution in [1.82, 2.24) is 4.90 Å². The molecule has 1 fully saturated rings. The number of rotatable bonds is 3. The summed E-state index contributed by atoms with van der Waals surface area (Å²) in [4.78, 5) is 12.9. The van der Waals surface area contributed by atoms with Gasteiger partial charge in [0, 0.05) is 30.5 Å². The molecular weight excluding hydrogens is 287 g/mol. The van der Waals surface area contributed by atoms with E-state index in [4.69, 9.17) is 5.73 Å². The van der Waals surface area contributed by atoms with E-state index in [-0.39, 0.29) is 13.0 Å². The fourth-order valence-corrected chi connectivity index (χ4v) is 2.52. The van der Waals surface area contributed by atoms with Crippen molar-refractivity contribution in [2.45, 2.75) is 18.6 Å². The lowest BCUT2D eigenvalue weighted by atomic mass is 10.1. The number of alkyl halides is 1. The zero-order chi connectivity index (χ0) is 12.5. The van der Waals surface area contributed by atoms with Crippen LogP contribution in [-0.2, 0) is 11.3 Å². The highest BCUT2D eigenvalue weighted by molar-refractivity contribution is 9.10. The molecule has 17 heavy (non-hydrogen) atoms. The lowest BCUT2D eigenvalue weighted by molar-refractivity contribution is -0.128. The summed E-state index contributed by atoms with van der Waals surface area (Å²) in [6.07, 6.45) is 0.191. The maximum Gasteiger partial charge on any atom is 0.256 e. The number of nitrogens with two attached hydrogens (primary N) is 1. The van der Waals surface area contributed by atoms with Gasteiger partial charge in [0.15, 0.2) is 0 Å². The zero-order valence-corrected chi connectivity index (χ0v) is 10.9. The molecule has 1 amide bonds. The second kappa shape index (κ2) is 4.74. The Morgan fingerprint density at radius 1 is 1.59 bits per heavy atom. The first-order valence-electron chi connectivity index (χ1n) is 5.45. The van der Waals surface area contributed by atoms with Crippen LogP contribution in [0.25, 0.3) is 0 Å². The Labute approximate surface area is 108 Å². The molecule has 1 heterocycles. The lowest BCUT2D eigenvalue weighted by Gasteiger charge is -2.18. The molecule has 1 aromatic rings. The molecule has 1 saturated heterocycles. The molecule has 3 nitrogen and oxygen atoms in total. The van der Waals surface area contributed by atoms with Crippen molar-refractivity contribution in [2.24, 2.45) is 5.73 Å². The van der Waals surface area contributed by atoms with E-state index in [0.29, 0.717) is 13.1 Å². The number of nitrogens with zero attached hydrogens (tertiary/aromatic N) is 1. The molecule has 5 heteroatoms. The average molecular weight is 301 g/mol. The van der Waals surface area contributed by atoms with Gasteiger partial charge in [0.25, 0.3) is 5.91 Å². The number of carbonyl (C=O) groups is 1. The van der Waals surface area contributed by atoms with Gasteiger partial charge in [-0.2, -0.15) is 0 Å². The van der Waals surface area contributed by atoms with Gasteiger partial charge in [-0.15, -0.1) is 0 Å². The maximum atomic E-state index is 13.9. The van der Waals surface area contributed by atoms with E-state index in [2.05, 4.69) is 15.9 Å². The number of primary amides is 1. The summed E-state index contributed by atoms with van der Waals surface area (Å²) in [6.45, 7) is 1.29. The molecule has 1 aliphatic rings. The van der Waals surface area contributed by atoms with E-state index in [1.807, 2.05) is 29.2 Å². The Morgan fingerprint density at radius 2 is 2.35 bits per heavy atom. The van der Waals surface area contributed by atoms with Crippen molar-refractivity contribution >= 4 is 21.8 Å². The minimum absolute atomic E-state index is 0.0921. The molecule has 92 valence electrons. The monoisotopic (exact) mass is 300 g/mol. The third kappa shape index (κ3) is 2.84. The Morgan fingerprint density at radius 3 is 2.94 bits per heavy atom. The molecule has 1 unspecified atom stereocenters. The summed E-state index contributed by atoms with van der Waals surface area (Å²) < 4.78 is 14.9. The van der Waals surface area contributed by atoms with Crippen LogP contribution in [-0.4, -0.2) is 29.6 Å². The summed E-state index contributed by atoms with van der Waals surface area (Å²) >= 11 is 3.39. The number of amides is 1. The van der Waals surface area contributed by atoms with Gasteiger partial charge in [-0.1, -0.05) is 28.1 Å². The predicted molar refractivity (Wildman–Crippen MR) is 67.1 cm³/mol. The summed E-state index contributed by atoms with van der Waals surface area (Å²) in [6, 6.07) is 7.85. The van der Waals surface area contributed by atoms with Crippen molar-refractivity contribution in [3.05, 3.63) is 34.3 Å². The largest absolute Gasteiger partial charge is 0.367 e. The fourth-order valence-electron chi connectivity index (χ4n) is 2.08. The van der Waals surface area contributed by atoms with Gasteiger partial charge >= 0.3 is 0 Å². The van der Waals surface area contributed by atoms with E-state index < -0.39 is 11.6 Å². The van der Waals surface area contributed by atoms with Crippen molar-refractivity contribution < 1.29 is 9.18 Å². The Hall–Kier alpha value is -0.940. The number of likely N-dealkylation sites (tertiary alicyclic amines) is 1. The minimum atomic E-state index is -1.86. The Kier molecular flexibility index (Phi) is 3.49. The normalized spacial score (nSPS) is 25.1. The van der Waals surface area contributed by atoms with Crippen LogP contribution in [0.1, 0.15) is 12.0 Å². The van der Waals surface area contributed by atoms with Gasteiger partial charge < -0.3 is 5.73 Å². The van der Waals surface area contributed by atoms with Crippen molar-refractivity contribution in [1.29, 1.82) is 0 Å². The molecule has 0 aromatic heterocycles. The van der Waals surface area contributed by atoms with Crippen LogP contribution in [0.5, 0.6) is 0 Å². The SMILES string of the molecule is NC(=O)C1(F)CCN(Cc2cccc(Br)c2)C1. The molecule has 0 aliphatic carbocycles. The Balaban J connectivity index is 2.01. The highest BCUT2D eigenvalue weighted by Gasteiger charge is 2.43. The third-order valence-corrected chi connectivity index (χ3v) is 3.53. The molecule has 2 rings (SSSR count). The average Bonchev–Trinajstić information content (AvgIpc) is 2.61. The lowest BCUT2D eigenvalue weighted by Crippen LogP contribution is -2.42. The first-order chi connectivity index (χ1) is 7.99. The molecule has 1 atom stereocenters. The van der Waals surface area contributed by atoms with Crippen LogP contribution in [0, 0.1) is 0 Å². The van der Waals surface area contributed by atoms with Crippen molar-refractivity contribution in [3.63, 3.8) is 0 Å². The first-order valence-corrected chi connectivity index (χ1v) is 6.24. The molecule has 1 aromatic carbocycles. The molecule has 2 N–H and O–H groups in total. The summed E-state index contributed by atoms with van der Waals surface area (Å²) in [5, 5.41) is 0. The van der Waals surface area contributed by atoms with Crippen LogP contribution < -0.4 is 5.73 Å². The molecule has 0 spiro atoms. The standard InChI is InChI=1S/C12H14BrFN2O/c13-10-3-1-2-9(6-10)7-16-5-4-12(14,8-16)11(15)17/h1-3,6H,4-5,7-8H2,(H2,15,17).